The molecule has 1 saturated carbocycles. The minimum atomic E-state index is -2.44. The number of imide groups is 1. The Balaban J connectivity index is 2.05. The Bertz CT molecular complexity index is 959. The molecule has 3 amide bonds. The van der Waals surface area contributed by atoms with Gasteiger partial charge in [0, 0.05) is 14.1 Å². The molecule has 7 heteroatoms. The maximum Gasteiger partial charge on any atom is 0.326 e. The highest BCUT2D eigenvalue weighted by Gasteiger charge is 2.83. The molecular weight excluding hydrogens is 323 g/mol. The zero-order valence-electron chi connectivity index (χ0n) is 13.5. The van der Waals surface area contributed by atoms with Crippen LogP contribution in [0.2, 0.25) is 0 Å². The van der Waals surface area contributed by atoms with Gasteiger partial charge in [0.25, 0.3) is 5.91 Å². The number of alkyl halides is 1. The molecular formula is C18H13FN4O2. The van der Waals surface area contributed by atoms with Crippen molar-refractivity contribution in [3.8, 4) is 12.1 Å². The number of nitriles is 2. The molecule has 0 N–H and O–H groups in total. The fourth-order valence-corrected chi connectivity index (χ4v) is 4.67. The summed E-state index contributed by atoms with van der Waals surface area (Å²) in [4.78, 5) is 26.8. The van der Waals surface area contributed by atoms with Gasteiger partial charge in [0.1, 0.15) is 11.5 Å². The lowest BCUT2D eigenvalue weighted by molar-refractivity contribution is -0.184. The number of urea groups is 1. The Kier molecular flexibility index (Phi) is 2.73. The highest BCUT2D eigenvalue weighted by Crippen LogP contribution is 2.69. The highest BCUT2D eigenvalue weighted by molar-refractivity contribution is 6.05. The maximum absolute atomic E-state index is 16.1. The Labute approximate surface area is 143 Å². The van der Waals surface area contributed by atoms with Crippen molar-refractivity contribution in [2.24, 2.45) is 5.41 Å². The van der Waals surface area contributed by atoms with Crippen LogP contribution in [0, 0.1) is 28.1 Å². The van der Waals surface area contributed by atoms with E-state index in [4.69, 9.17) is 0 Å². The molecule has 1 saturated heterocycles. The van der Waals surface area contributed by atoms with Gasteiger partial charge in [-0.2, -0.15) is 10.5 Å². The van der Waals surface area contributed by atoms with E-state index in [2.05, 4.69) is 6.07 Å². The molecule has 1 heterocycles. The molecule has 4 atom stereocenters. The predicted molar refractivity (Wildman–Crippen MR) is 84.4 cm³/mol. The molecule has 0 bridgehead atoms. The van der Waals surface area contributed by atoms with E-state index < -0.39 is 35.0 Å². The van der Waals surface area contributed by atoms with Gasteiger partial charge in [-0.1, -0.05) is 24.3 Å². The van der Waals surface area contributed by atoms with Crippen LogP contribution in [-0.4, -0.2) is 47.5 Å². The first-order valence-corrected chi connectivity index (χ1v) is 7.72. The summed E-state index contributed by atoms with van der Waals surface area (Å²) in [6, 6.07) is 8.88. The largest absolute Gasteiger partial charge is 0.326 e. The first-order valence-electron chi connectivity index (χ1n) is 7.72. The summed E-state index contributed by atoms with van der Waals surface area (Å²) in [5.41, 5.74) is -2.82. The third-order valence-electron chi connectivity index (χ3n) is 5.67. The zero-order valence-corrected chi connectivity index (χ0v) is 13.5. The minimum absolute atomic E-state index is 0.0778. The maximum atomic E-state index is 16.1. The zero-order chi connectivity index (χ0) is 18.1. The van der Waals surface area contributed by atoms with E-state index in [1.807, 2.05) is 6.07 Å². The van der Waals surface area contributed by atoms with Crippen molar-refractivity contribution < 1.29 is 14.0 Å². The van der Waals surface area contributed by atoms with E-state index in [1.165, 1.54) is 14.1 Å². The van der Waals surface area contributed by atoms with E-state index in [-0.39, 0.29) is 5.57 Å². The fraction of sp³-hybridized carbons (Fsp3) is 0.333. The summed E-state index contributed by atoms with van der Waals surface area (Å²) in [6.07, 6.45) is 1.55. The molecule has 1 aromatic rings. The summed E-state index contributed by atoms with van der Waals surface area (Å²) in [5.74, 6) is -2.10. The summed E-state index contributed by atoms with van der Waals surface area (Å²) in [7, 11) is 2.58. The second-order valence-electron chi connectivity index (χ2n) is 6.64. The molecule has 124 valence electrons. The number of nitrogens with zero attached hydrogens (tertiary/aromatic N) is 4. The van der Waals surface area contributed by atoms with Crippen LogP contribution < -0.4 is 0 Å². The number of hydrogen-bond donors (Lipinski definition) is 0. The molecule has 2 fully saturated rings. The summed E-state index contributed by atoms with van der Waals surface area (Å²) in [5, 5.41) is 19.5. The lowest BCUT2D eigenvalue weighted by Gasteiger charge is -2.66. The quantitative estimate of drug-likeness (QED) is 0.723. The number of carbonyl (C=O) groups excluding carboxylic acids is 2. The lowest BCUT2D eigenvalue weighted by atomic mass is 9.41. The molecule has 0 unspecified atom stereocenters. The number of benzene rings is 1. The van der Waals surface area contributed by atoms with Crippen LogP contribution in [0.1, 0.15) is 17.0 Å². The van der Waals surface area contributed by atoms with Crippen LogP contribution in [0.5, 0.6) is 0 Å². The van der Waals surface area contributed by atoms with Crippen LogP contribution in [-0.2, 0) is 4.79 Å². The second kappa shape index (κ2) is 4.46. The van der Waals surface area contributed by atoms with E-state index >= 15 is 4.39 Å². The minimum Gasteiger partial charge on any atom is -0.319 e. The SMILES string of the molecule is CN1C(=O)N(C)[C@H]2[C@@](F)(C1=O)[C@H]1c3ccccc3C=C(C#N)[C@]12C#N. The third kappa shape index (κ3) is 1.39. The standard InChI is InChI=1S/C18H13FN4O2/c1-22-14-17(9-21)11(8-20)7-10-5-3-4-6-12(10)13(17)18(14,19)15(24)23(2)16(22)25/h3-7,13-14H,1-2H3/t13-,14+,17+,18+/m0/s1. The van der Waals surface area contributed by atoms with Crippen molar-refractivity contribution in [3.05, 3.63) is 41.0 Å². The molecule has 2 aliphatic carbocycles. The normalized spacial score (nSPS) is 35.5. The molecule has 4 rings (SSSR count). The molecule has 25 heavy (non-hydrogen) atoms. The number of fused-ring (bicyclic) bond motifs is 6. The van der Waals surface area contributed by atoms with Gasteiger partial charge in [0.05, 0.1) is 23.6 Å². The number of rotatable bonds is 0. The van der Waals surface area contributed by atoms with E-state index in [1.54, 1.807) is 30.3 Å². The molecule has 0 spiro atoms. The second-order valence-corrected chi connectivity index (χ2v) is 6.64. The average molecular weight is 336 g/mol. The van der Waals surface area contributed by atoms with Gasteiger partial charge >= 0.3 is 6.03 Å². The summed E-state index contributed by atoms with van der Waals surface area (Å²) >= 11 is 0. The number of carbonyl (C=O) groups is 2. The Morgan fingerprint density at radius 3 is 2.52 bits per heavy atom. The van der Waals surface area contributed by atoms with Gasteiger partial charge in [-0.25, -0.2) is 9.18 Å². The fourth-order valence-electron chi connectivity index (χ4n) is 4.67. The van der Waals surface area contributed by atoms with Crippen LogP contribution in [0.25, 0.3) is 6.08 Å². The van der Waals surface area contributed by atoms with Gasteiger partial charge in [-0.05, 0) is 17.2 Å². The number of halogens is 1. The molecule has 1 aliphatic heterocycles. The van der Waals surface area contributed by atoms with Gasteiger partial charge < -0.3 is 4.90 Å². The van der Waals surface area contributed by atoms with Crippen molar-refractivity contribution in [2.45, 2.75) is 17.6 Å². The summed E-state index contributed by atoms with van der Waals surface area (Å²) < 4.78 is 16.1. The smallest absolute Gasteiger partial charge is 0.319 e. The van der Waals surface area contributed by atoms with Crippen molar-refractivity contribution in [1.29, 1.82) is 10.5 Å². The first kappa shape index (κ1) is 15.3. The Morgan fingerprint density at radius 2 is 1.88 bits per heavy atom. The summed E-state index contributed by atoms with van der Waals surface area (Å²) in [6.45, 7) is 0. The molecule has 1 aromatic carbocycles. The van der Waals surface area contributed by atoms with E-state index in [9.17, 15) is 20.1 Å². The van der Waals surface area contributed by atoms with E-state index in [0.29, 0.717) is 11.1 Å². The Hall–Kier alpha value is -3.19. The van der Waals surface area contributed by atoms with Crippen LogP contribution in [0.3, 0.4) is 0 Å². The molecule has 6 nitrogen and oxygen atoms in total. The number of hydrogen-bond acceptors (Lipinski definition) is 4. The van der Waals surface area contributed by atoms with Crippen molar-refractivity contribution in [1.82, 2.24) is 9.80 Å². The highest BCUT2D eigenvalue weighted by atomic mass is 19.1. The van der Waals surface area contributed by atoms with Gasteiger partial charge in [-0.15, -0.1) is 0 Å². The molecule has 0 aromatic heterocycles. The average Bonchev–Trinajstić information content (AvgIpc) is 2.62. The molecule has 0 radical (unpaired) electrons. The van der Waals surface area contributed by atoms with Crippen LogP contribution >= 0.6 is 0 Å². The molecule has 3 aliphatic rings. The van der Waals surface area contributed by atoms with Crippen LogP contribution in [0.4, 0.5) is 9.18 Å². The first-order chi connectivity index (χ1) is 11.9. The predicted octanol–water partition coefficient (Wildman–Crippen LogP) is 1.82. The number of amides is 3. The third-order valence-corrected chi connectivity index (χ3v) is 5.67. The van der Waals surface area contributed by atoms with Crippen LogP contribution in [0.15, 0.2) is 29.8 Å². The van der Waals surface area contributed by atoms with Crippen molar-refractivity contribution in [3.63, 3.8) is 0 Å². The monoisotopic (exact) mass is 336 g/mol. The lowest BCUT2D eigenvalue weighted by Crippen LogP contribution is -2.83. The topological polar surface area (TPSA) is 88.2 Å². The Morgan fingerprint density at radius 1 is 1.20 bits per heavy atom. The van der Waals surface area contributed by atoms with E-state index in [0.717, 1.165) is 9.80 Å². The van der Waals surface area contributed by atoms with Crippen molar-refractivity contribution in [2.75, 3.05) is 14.1 Å². The van der Waals surface area contributed by atoms with Gasteiger partial charge in [0.15, 0.2) is 0 Å². The van der Waals surface area contributed by atoms with Crippen molar-refractivity contribution >= 4 is 18.0 Å². The van der Waals surface area contributed by atoms with Gasteiger partial charge in [0.2, 0.25) is 5.67 Å². The van der Waals surface area contributed by atoms with Gasteiger partial charge in [-0.3, -0.25) is 9.69 Å².